The molecule has 0 aliphatic carbocycles. The van der Waals surface area contributed by atoms with Crippen LogP contribution in [-0.2, 0) is 0 Å². The van der Waals surface area contributed by atoms with E-state index in [1.807, 2.05) is 30.3 Å². The van der Waals surface area contributed by atoms with Gasteiger partial charge in [0.25, 0.3) is 11.8 Å². The van der Waals surface area contributed by atoms with E-state index in [1.54, 1.807) is 42.5 Å². The van der Waals surface area contributed by atoms with Crippen LogP contribution in [0.25, 0.3) is 11.4 Å². The van der Waals surface area contributed by atoms with Crippen molar-refractivity contribution in [2.45, 2.75) is 6.04 Å². The number of aromatic nitrogens is 2. The Morgan fingerprint density at radius 1 is 0.900 bits per heavy atom. The van der Waals surface area contributed by atoms with Gasteiger partial charge in [0.1, 0.15) is 6.04 Å². The molecule has 0 fully saturated rings. The monoisotopic (exact) mass is 457 g/mol. The second-order valence-electron chi connectivity index (χ2n) is 6.41. The fourth-order valence-corrected chi connectivity index (χ4v) is 3.28. The van der Waals surface area contributed by atoms with E-state index in [2.05, 4.69) is 15.5 Å². The van der Waals surface area contributed by atoms with E-state index < -0.39 is 6.04 Å². The van der Waals surface area contributed by atoms with Crippen LogP contribution >= 0.6 is 34.8 Å². The van der Waals surface area contributed by atoms with E-state index in [-0.39, 0.29) is 11.8 Å². The first-order valence-corrected chi connectivity index (χ1v) is 10.0. The van der Waals surface area contributed by atoms with E-state index in [1.165, 1.54) is 0 Å². The third kappa shape index (κ3) is 4.49. The molecule has 1 N–H and O–H groups in total. The minimum atomic E-state index is -0.729. The Labute approximate surface area is 187 Å². The van der Waals surface area contributed by atoms with Gasteiger partial charge in [-0.05, 0) is 42.0 Å². The highest BCUT2D eigenvalue weighted by atomic mass is 35.5. The van der Waals surface area contributed by atoms with Crippen molar-refractivity contribution in [2.24, 2.45) is 0 Å². The molecule has 0 saturated heterocycles. The van der Waals surface area contributed by atoms with Gasteiger partial charge in [0.2, 0.25) is 5.82 Å². The highest BCUT2D eigenvalue weighted by Crippen LogP contribution is 2.29. The Morgan fingerprint density at radius 2 is 1.63 bits per heavy atom. The first-order chi connectivity index (χ1) is 14.5. The van der Waals surface area contributed by atoms with Crippen LogP contribution in [-0.4, -0.2) is 16.0 Å². The van der Waals surface area contributed by atoms with Gasteiger partial charge in [-0.25, -0.2) is 0 Å². The molecule has 8 heteroatoms. The molecule has 0 aliphatic heterocycles. The SMILES string of the molecule is O=C(NC(c1ccc(Cl)c(Cl)c1)c1nc(-c2ccccc2)no1)c1ccc(Cl)cc1. The molecule has 5 nitrogen and oxygen atoms in total. The van der Waals surface area contributed by atoms with Crippen molar-refractivity contribution in [2.75, 3.05) is 0 Å². The van der Waals surface area contributed by atoms with E-state index in [0.29, 0.717) is 32.0 Å². The van der Waals surface area contributed by atoms with Gasteiger partial charge in [-0.3, -0.25) is 4.79 Å². The average molecular weight is 459 g/mol. The van der Waals surface area contributed by atoms with Crippen LogP contribution in [0.15, 0.2) is 77.3 Å². The highest BCUT2D eigenvalue weighted by molar-refractivity contribution is 6.42. The maximum Gasteiger partial charge on any atom is 0.254 e. The van der Waals surface area contributed by atoms with Crippen molar-refractivity contribution >= 4 is 40.7 Å². The van der Waals surface area contributed by atoms with Crippen molar-refractivity contribution in [3.05, 3.63) is 105 Å². The predicted molar refractivity (Wildman–Crippen MR) is 117 cm³/mol. The maximum atomic E-state index is 12.8. The first-order valence-electron chi connectivity index (χ1n) is 8.91. The van der Waals surface area contributed by atoms with Crippen molar-refractivity contribution in [1.82, 2.24) is 15.5 Å². The summed E-state index contributed by atoms with van der Waals surface area (Å²) in [6.45, 7) is 0. The molecule has 0 saturated carbocycles. The van der Waals surface area contributed by atoms with Gasteiger partial charge in [0.15, 0.2) is 0 Å². The second-order valence-corrected chi connectivity index (χ2v) is 7.66. The summed E-state index contributed by atoms with van der Waals surface area (Å²) < 4.78 is 5.49. The van der Waals surface area contributed by atoms with Crippen LogP contribution < -0.4 is 5.32 Å². The molecule has 0 aliphatic rings. The average Bonchev–Trinajstić information content (AvgIpc) is 3.25. The standard InChI is InChI=1S/C22H14Cl3N3O2/c23-16-9-6-14(7-10-16)21(29)26-19(15-8-11-17(24)18(25)12-15)22-27-20(28-30-22)13-4-2-1-3-5-13/h1-12,19H,(H,26,29). The Hall–Kier alpha value is -2.86. The summed E-state index contributed by atoms with van der Waals surface area (Å²) in [4.78, 5) is 17.3. The fourth-order valence-electron chi connectivity index (χ4n) is 2.85. The van der Waals surface area contributed by atoms with E-state index in [9.17, 15) is 4.79 Å². The summed E-state index contributed by atoms with van der Waals surface area (Å²) in [6, 6.07) is 20.3. The molecule has 1 heterocycles. The van der Waals surface area contributed by atoms with E-state index >= 15 is 0 Å². The quantitative estimate of drug-likeness (QED) is 0.386. The molecule has 1 atom stereocenters. The lowest BCUT2D eigenvalue weighted by Gasteiger charge is -2.16. The molecule has 1 unspecified atom stereocenters. The number of nitrogens with zero attached hydrogens (tertiary/aromatic N) is 2. The molecule has 4 aromatic rings. The smallest absolute Gasteiger partial charge is 0.254 e. The number of halogens is 3. The molecule has 1 amide bonds. The summed E-state index contributed by atoms with van der Waals surface area (Å²) in [5.74, 6) is 0.299. The van der Waals surface area contributed by atoms with Crippen LogP contribution in [0.4, 0.5) is 0 Å². The van der Waals surface area contributed by atoms with Gasteiger partial charge in [-0.2, -0.15) is 4.98 Å². The molecule has 1 aromatic heterocycles. The fraction of sp³-hybridized carbons (Fsp3) is 0.0455. The normalized spacial score (nSPS) is 11.8. The Morgan fingerprint density at radius 3 is 2.33 bits per heavy atom. The largest absolute Gasteiger partial charge is 0.336 e. The Kier molecular flexibility index (Phi) is 6.04. The summed E-state index contributed by atoms with van der Waals surface area (Å²) in [5.41, 5.74) is 1.88. The molecule has 0 bridgehead atoms. The number of benzene rings is 3. The van der Waals surface area contributed by atoms with Gasteiger partial charge in [0, 0.05) is 16.1 Å². The number of rotatable bonds is 5. The lowest BCUT2D eigenvalue weighted by molar-refractivity contribution is 0.0936. The van der Waals surface area contributed by atoms with Crippen LogP contribution in [0, 0.1) is 0 Å². The number of nitrogens with one attached hydrogen (secondary N) is 1. The first kappa shape index (κ1) is 20.4. The van der Waals surface area contributed by atoms with Crippen molar-refractivity contribution in [3.63, 3.8) is 0 Å². The molecular formula is C22H14Cl3N3O2. The number of amides is 1. The van der Waals surface area contributed by atoms with Crippen molar-refractivity contribution in [3.8, 4) is 11.4 Å². The van der Waals surface area contributed by atoms with Crippen LogP contribution in [0.1, 0.15) is 27.9 Å². The van der Waals surface area contributed by atoms with Gasteiger partial charge < -0.3 is 9.84 Å². The Bertz CT molecular complexity index is 1180. The number of hydrogen-bond acceptors (Lipinski definition) is 4. The third-order valence-electron chi connectivity index (χ3n) is 4.38. The number of carbonyl (C=O) groups excluding carboxylic acids is 1. The molecule has 30 heavy (non-hydrogen) atoms. The third-order valence-corrected chi connectivity index (χ3v) is 5.37. The van der Waals surface area contributed by atoms with Gasteiger partial charge in [-0.1, -0.05) is 76.4 Å². The van der Waals surface area contributed by atoms with Gasteiger partial charge in [0.05, 0.1) is 10.0 Å². The summed E-state index contributed by atoms with van der Waals surface area (Å²) in [6.07, 6.45) is 0. The van der Waals surface area contributed by atoms with Gasteiger partial charge in [-0.15, -0.1) is 0 Å². The summed E-state index contributed by atoms with van der Waals surface area (Å²) >= 11 is 18.2. The molecule has 0 radical (unpaired) electrons. The molecular weight excluding hydrogens is 445 g/mol. The highest BCUT2D eigenvalue weighted by Gasteiger charge is 2.25. The number of hydrogen-bond donors (Lipinski definition) is 1. The maximum absolute atomic E-state index is 12.8. The second kappa shape index (κ2) is 8.88. The van der Waals surface area contributed by atoms with Crippen molar-refractivity contribution < 1.29 is 9.32 Å². The van der Waals surface area contributed by atoms with Crippen LogP contribution in [0.2, 0.25) is 15.1 Å². The zero-order valence-electron chi connectivity index (χ0n) is 15.4. The van der Waals surface area contributed by atoms with E-state index in [0.717, 1.165) is 5.56 Å². The lowest BCUT2D eigenvalue weighted by atomic mass is 10.1. The number of carbonyl (C=O) groups is 1. The van der Waals surface area contributed by atoms with Gasteiger partial charge >= 0.3 is 0 Å². The predicted octanol–water partition coefficient (Wildman–Crippen LogP) is 6.22. The minimum Gasteiger partial charge on any atom is -0.336 e. The van der Waals surface area contributed by atoms with Crippen LogP contribution in [0.3, 0.4) is 0 Å². The molecule has 4 rings (SSSR count). The van der Waals surface area contributed by atoms with E-state index in [4.69, 9.17) is 39.3 Å². The zero-order chi connectivity index (χ0) is 21.1. The van der Waals surface area contributed by atoms with Crippen molar-refractivity contribution in [1.29, 1.82) is 0 Å². The summed E-state index contributed by atoms with van der Waals surface area (Å²) in [5, 5.41) is 8.26. The minimum absolute atomic E-state index is 0.217. The molecule has 3 aromatic carbocycles. The lowest BCUT2D eigenvalue weighted by Crippen LogP contribution is -2.29. The molecule has 150 valence electrons. The Balaban J connectivity index is 1.70. The van der Waals surface area contributed by atoms with Crippen LogP contribution in [0.5, 0.6) is 0 Å². The zero-order valence-corrected chi connectivity index (χ0v) is 17.6. The molecule has 0 spiro atoms. The summed E-state index contributed by atoms with van der Waals surface area (Å²) in [7, 11) is 0. The topological polar surface area (TPSA) is 68.0 Å².